The third kappa shape index (κ3) is 7.03. The zero-order valence-electron chi connectivity index (χ0n) is 21.7. The van der Waals surface area contributed by atoms with Crippen molar-refractivity contribution in [1.82, 2.24) is 15.1 Å². The van der Waals surface area contributed by atoms with E-state index in [1.54, 1.807) is 0 Å². The number of carbonyl (C=O) groups is 3. The minimum absolute atomic E-state index is 0.0160. The molecule has 6 nitrogen and oxygen atoms in total. The van der Waals surface area contributed by atoms with Crippen LogP contribution in [-0.2, 0) is 17.8 Å². The van der Waals surface area contributed by atoms with Gasteiger partial charge in [-0.15, -0.1) is 0 Å². The zero-order chi connectivity index (χ0) is 25.5. The van der Waals surface area contributed by atoms with Crippen molar-refractivity contribution in [3.05, 3.63) is 70.8 Å². The highest BCUT2D eigenvalue weighted by Crippen LogP contribution is 2.22. The lowest BCUT2D eigenvalue weighted by Gasteiger charge is -2.30. The number of benzene rings is 2. The van der Waals surface area contributed by atoms with Crippen molar-refractivity contribution in [2.75, 3.05) is 32.7 Å². The summed E-state index contributed by atoms with van der Waals surface area (Å²) in [5, 5.41) is 2.99. The Kier molecular flexibility index (Phi) is 8.92. The number of nitrogens with zero attached hydrogens (tertiary/aromatic N) is 2. The summed E-state index contributed by atoms with van der Waals surface area (Å²) in [6, 6.07) is 15.6. The Morgan fingerprint density at radius 2 is 1.42 bits per heavy atom. The van der Waals surface area contributed by atoms with Crippen molar-refractivity contribution in [1.29, 1.82) is 0 Å². The molecule has 1 N–H and O–H groups in total. The largest absolute Gasteiger partial charge is 0.351 e. The fourth-order valence-corrected chi connectivity index (χ4v) is 5.19. The van der Waals surface area contributed by atoms with Gasteiger partial charge in [-0.3, -0.25) is 19.3 Å². The number of rotatable bonds is 9. The molecule has 0 saturated carbocycles. The van der Waals surface area contributed by atoms with Crippen molar-refractivity contribution in [2.24, 2.45) is 11.8 Å². The first-order chi connectivity index (χ1) is 17.4. The molecule has 2 aliphatic heterocycles. The van der Waals surface area contributed by atoms with Crippen molar-refractivity contribution in [3.8, 4) is 0 Å². The lowest BCUT2D eigenvalue weighted by Crippen LogP contribution is -2.42. The van der Waals surface area contributed by atoms with E-state index in [1.165, 1.54) is 5.56 Å². The van der Waals surface area contributed by atoms with E-state index in [-0.39, 0.29) is 23.5 Å². The molecular formula is C30H39N3O3. The standard InChI is InChI=1S/C30H39N3O3/c1-22(2)19-23-5-9-25(10-6-23)29(35)26-13-17-32(18-14-26)21-28(34)31-20-24-7-11-27(12-8-24)30(36)33-15-3-4-16-33/h5-12,22,26H,3-4,13-21H2,1-2H3,(H,31,34). The minimum Gasteiger partial charge on any atom is -0.351 e. The number of hydrogen-bond donors (Lipinski definition) is 1. The Morgan fingerprint density at radius 1 is 0.833 bits per heavy atom. The van der Waals surface area contributed by atoms with Crippen LogP contribution in [-0.4, -0.2) is 60.1 Å². The van der Waals surface area contributed by atoms with E-state index in [1.807, 2.05) is 41.3 Å². The molecule has 0 bridgehead atoms. The van der Waals surface area contributed by atoms with Crippen LogP contribution in [0.15, 0.2) is 48.5 Å². The van der Waals surface area contributed by atoms with Gasteiger partial charge >= 0.3 is 0 Å². The van der Waals surface area contributed by atoms with Gasteiger partial charge in [-0.2, -0.15) is 0 Å². The SMILES string of the molecule is CC(C)Cc1ccc(C(=O)C2CCN(CC(=O)NCc3ccc(C(=O)N4CCCC4)cc3)CC2)cc1. The topological polar surface area (TPSA) is 69.7 Å². The Labute approximate surface area is 215 Å². The second kappa shape index (κ2) is 12.3. The van der Waals surface area contributed by atoms with Gasteiger partial charge in [0.15, 0.2) is 5.78 Å². The van der Waals surface area contributed by atoms with Crippen LogP contribution < -0.4 is 5.32 Å². The second-order valence-corrected chi connectivity index (χ2v) is 10.7. The smallest absolute Gasteiger partial charge is 0.253 e. The maximum Gasteiger partial charge on any atom is 0.253 e. The Bertz CT molecular complexity index is 1030. The van der Waals surface area contributed by atoms with Crippen LogP contribution in [0, 0.1) is 11.8 Å². The highest BCUT2D eigenvalue weighted by molar-refractivity contribution is 5.98. The molecule has 2 fully saturated rings. The number of Topliss-reactive ketones (excluding diaryl/α,β-unsaturated/α-hetero) is 1. The quantitative estimate of drug-likeness (QED) is 0.532. The number of hydrogen-bond acceptors (Lipinski definition) is 4. The summed E-state index contributed by atoms with van der Waals surface area (Å²) in [7, 11) is 0. The normalized spacial score (nSPS) is 16.9. The van der Waals surface area contributed by atoms with Gasteiger partial charge < -0.3 is 10.2 Å². The maximum absolute atomic E-state index is 12.9. The zero-order valence-corrected chi connectivity index (χ0v) is 21.7. The summed E-state index contributed by atoms with van der Waals surface area (Å²) in [5.41, 5.74) is 3.75. The minimum atomic E-state index is -0.0160. The molecule has 4 rings (SSSR count). The van der Waals surface area contributed by atoms with E-state index in [0.717, 1.165) is 69.4 Å². The molecule has 2 amide bonds. The van der Waals surface area contributed by atoms with E-state index in [0.29, 0.717) is 24.6 Å². The monoisotopic (exact) mass is 489 g/mol. The molecule has 2 heterocycles. The molecule has 2 aromatic rings. The first-order valence-electron chi connectivity index (χ1n) is 13.4. The summed E-state index contributed by atoms with van der Waals surface area (Å²) < 4.78 is 0. The van der Waals surface area contributed by atoms with Crippen LogP contribution in [0.5, 0.6) is 0 Å². The van der Waals surface area contributed by atoms with E-state index in [4.69, 9.17) is 0 Å². The molecule has 0 spiro atoms. The first-order valence-corrected chi connectivity index (χ1v) is 13.4. The summed E-state index contributed by atoms with van der Waals surface area (Å²) >= 11 is 0. The number of amides is 2. The molecule has 0 unspecified atom stereocenters. The molecule has 2 aliphatic rings. The predicted molar refractivity (Wildman–Crippen MR) is 142 cm³/mol. The number of piperidine rings is 1. The second-order valence-electron chi connectivity index (χ2n) is 10.7. The number of nitrogens with one attached hydrogen (secondary N) is 1. The van der Waals surface area contributed by atoms with Gasteiger partial charge in [-0.25, -0.2) is 0 Å². The summed E-state index contributed by atoms with van der Waals surface area (Å²) in [4.78, 5) is 41.9. The molecule has 0 aromatic heterocycles. The molecule has 2 saturated heterocycles. The Hall–Kier alpha value is -2.99. The number of ketones is 1. The van der Waals surface area contributed by atoms with E-state index in [2.05, 4.69) is 36.2 Å². The maximum atomic E-state index is 12.9. The molecule has 6 heteroatoms. The molecule has 36 heavy (non-hydrogen) atoms. The first kappa shape index (κ1) is 26.1. The Balaban J connectivity index is 1.18. The summed E-state index contributed by atoms with van der Waals surface area (Å²) in [5.74, 6) is 0.929. The van der Waals surface area contributed by atoms with Crippen LogP contribution in [0.4, 0.5) is 0 Å². The average Bonchev–Trinajstić information content (AvgIpc) is 3.43. The Morgan fingerprint density at radius 3 is 2.03 bits per heavy atom. The van der Waals surface area contributed by atoms with Gasteiger partial charge in [0.2, 0.25) is 5.91 Å². The van der Waals surface area contributed by atoms with Crippen molar-refractivity contribution in [2.45, 2.75) is 52.5 Å². The fourth-order valence-electron chi connectivity index (χ4n) is 5.19. The molecule has 0 aliphatic carbocycles. The highest BCUT2D eigenvalue weighted by atomic mass is 16.2. The van der Waals surface area contributed by atoms with Crippen LogP contribution >= 0.6 is 0 Å². The molecule has 2 aromatic carbocycles. The fraction of sp³-hybridized carbons (Fsp3) is 0.500. The molecule has 0 radical (unpaired) electrons. The van der Waals surface area contributed by atoms with E-state index >= 15 is 0 Å². The van der Waals surface area contributed by atoms with Crippen molar-refractivity contribution >= 4 is 17.6 Å². The number of carbonyl (C=O) groups excluding carboxylic acids is 3. The van der Waals surface area contributed by atoms with Gasteiger partial charge in [0.1, 0.15) is 0 Å². The van der Waals surface area contributed by atoms with Gasteiger partial charge in [0, 0.05) is 36.7 Å². The van der Waals surface area contributed by atoms with E-state index < -0.39 is 0 Å². The van der Waals surface area contributed by atoms with Gasteiger partial charge in [0.25, 0.3) is 5.91 Å². The van der Waals surface area contributed by atoms with Crippen LogP contribution in [0.1, 0.15) is 71.4 Å². The third-order valence-electron chi connectivity index (χ3n) is 7.29. The van der Waals surface area contributed by atoms with Crippen LogP contribution in [0.3, 0.4) is 0 Å². The summed E-state index contributed by atoms with van der Waals surface area (Å²) in [6.07, 6.45) is 4.75. The molecule has 0 atom stereocenters. The average molecular weight is 490 g/mol. The van der Waals surface area contributed by atoms with Crippen molar-refractivity contribution < 1.29 is 14.4 Å². The molecular weight excluding hydrogens is 450 g/mol. The highest BCUT2D eigenvalue weighted by Gasteiger charge is 2.26. The lowest BCUT2D eigenvalue weighted by molar-refractivity contribution is -0.122. The lowest BCUT2D eigenvalue weighted by atomic mass is 9.88. The number of likely N-dealkylation sites (tertiary alicyclic amines) is 2. The van der Waals surface area contributed by atoms with Crippen LogP contribution in [0.2, 0.25) is 0 Å². The van der Waals surface area contributed by atoms with Crippen molar-refractivity contribution in [3.63, 3.8) is 0 Å². The summed E-state index contributed by atoms with van der Waals surface area (Å²) in [6.45, 7) is 8.37. The molecule has 192 valence electrons. The van der Waals surface area contributed by atoms with Gasteiger partial charge in [0.05, 0.1) is 6.54 Å². The predicted octanol–water partition coefficient (Wildman–Crippen LogP) is 4.33. The van der Waals surface area contributed by atoms with Crippen LogP contribution in [0.25, 0.3) is 0 Å². The third-order valence-corrected chi connectivity index (χ3v) is 7.29. The van der Waals surface area contributed by atoms with Gasteiger partial charge in [-0.05, 0) is 74.4 Å². The van der Waals surface area contributed by atoms with Gasteiger partial charge in [-0.1, -0.05) is 50.2 Å². The van der Waals surface area contributed by atoms with E-state index in [9.17, 15) is 14.4 Å².